The summed E-state index contributed by atoms with van der Waals surface area (Å²) in [5, 5.41) is 0. The predicted octanol–water partition coefficient (Wildman–Crippen LogP) is 0.395. The normalized spacial score (nSPS) is 24.4. The lowest BCUT2D eigenvalue weighted by molar-refractivity contribution is 0.0543. The van der Waals surface area contributed by atoms with Crippen LogP contribution in [-0.2, 0) is 14.9 Å². The van der Waals surface area contributed by atoms with Crippen LogP contribution >= 0.6 is 0 Å². The Hall–Kier alpha value is -0.860. The standard InChI is InChI=1S/C12H23N3O4S/c1-12(2)3-5-15(6-4-12)20(17,18)13-11(16)14-7-9-19-10-8-14/h3-10H2,1-2H3,(H,13,16). The van der Waals surface area contributed by atoms with E-state index in [1.165, 1.54) is 9.21 Å². The Kier molecular flexibility index (Phi) is 4.55. The molecule has 0 aromatic heterocycles. The minimum atomic E-state index is -3.73. The fourth-order valence-corrected chi connectivity index (χ4v) is 3.48. The molecule has 2 amide bonds. The number of carbonyl (C=O) groups excluding carboxylic acids is 1. The van der Waals surface area contributed by atoms with Gasteiger partial charge in [-0.25, -0.2) is 9.52 Å². The van der Waals surface area contributed by atoms with Crippen LogP contribution in [0.25, 0.3) is 0 Å². The van der Waals surface area contributed by atoms with Gasteiger partial charge in [0.2, 0.25) is 0 Å². The van der Waals surface area contributed by atoms with Crippen LogP contribution in [0.5, 0.6) is 0 Å². The van der Waals surface area contributed by atoms with Crippen LogP contribution in [0.3, 0.4) is 0 Å². The molecule has 0 bridgehead atoms. The summed E-state index contributed by atoms with van der Waals surface area (Å²) in [5.41, 5.74) is 0.167. The molecule has 2 fully saturated rings. The van der Waals surface area contributed by atoms with Gasteiger partial charge in [0.15, 0.2) is 0 Å². The summed E-state index contributed by atoms with van der Waals surface area (Å²) in [6.45, 7) is 6.92. The van der Waals surface area contributed by atoms with Crippen LogP contribution in [0, 0.1) is 5.41 Å². The molecule has 2 heterocycles. The average molecular weight is 305 g/mol. The van der Waals surface area contributed by atoms with E-state index in [2.05, 4.69) is 18.6 Å². The number of ether oxygens (including phenoxy) is 1. The first-order valence-corrected chi connectivity index (χ1v) is 8.39. The summed E-state index contributed by atoms with van der Waals surface area (Å²) in [6, 6.07) is -0.557. The number of morpholine rings is 1. The number of nitrogens with zero attached hydrogens (tertiary/aromatic N) is 2. The Balaban J connectivity index is 1.92. The molecule has 0 spiro atoms. The first kappa shape index (κ1) is 15.5. The summed E-state index contributed by atoms with van der Waals surface area (Å²) >= 11 is 0. The number of rotatable bonds is 2. The van der Waals surface area contributed by atoms with E-state index >= 15 is 0 Å². The second-order valence-electron chi connectivity index (χ2n) is 6.07. The zero-order valence-electron chi connectivity index (χ0n) is 12.1. The summed E-state index contributed by atoms with van der Waals surface area (Å²) in [5.74, 6) is 0. The molecule has 2 saturated heterocycles. The van der Waals surface area contributed by atoms with Crippen molar-refractivity contribution >= 4 is 16.2 Å². The van der Waals surface area contributed by atoms with Gasteiger partial charge in [0, 0.05) is 26.2 Å². The van der Waals surface area contributed by atoms with Gasteiger partial charge in [0.25, 0.3) is 0 Å². The van der Waals surface area contributed by atoms with Gasteiger partial charge in [0.05, 0.1) is 13.2 Å². The predicted molar refractivity (Wildman–Crippen MR) is 74.4 cm³/mol. The fraction of sp³-hybridized carbons (Fsp3) is 0.917. The maximum Gasteiger partial charge on any atom is 0.332 e. The van der Waals surface area contributed by atoms with E-state index in [1.807, 2.05) is 0 Å². The molecule has 2 rings (SSSR count). The highest BCUT2D eigenvalue weighted by Gasteiger charge is 2.33. The first-order chi connectivity index (χ1) is 9.30. The summed E-state index contributed by atoms with van der Waals surface area (Å²) in [6.07, 6.45) is 1.61. The lowest BCUT2D eigenvalue weighted by atomic mass is 9.83. The van der Waals surface area contributed by atoms with Crippen molar-refractivity contribution in [1.29, 1.82) is 0 Å². The molecular formula is C12H23N3O4S. The van der Waals surface area contributed by atoms with E-state index < -0.39 is 16.2 Å². The fourth-order valence-electron chi connectivity index (χ4n) is 2.34. The Morgan fingerprint density at radius 2 is 1.65 bits per heavy atom. The lowest BCUT2D eigenvalue weighted by Gasteiger charge is -2.36. The number of piperidine rings is 1. The largest absolute Gasteiger partial charge is 0.378 e. The zero-order valence-corrected chi connectivity index (χ0v) is 12.9. The van der Waals surface area contributed by atoms with E-state index in [0.29, 0.717) is 39.4 Å². The van der Waals surface area contributed by atoms with Crippen molar-refractivity contribution in [3.63, 3.8) is 0 Å². The molecule has 0 atom stereocenters. The van der Waals surface area contributed by atoms with Gasteiger partial charge in [-0.2, -0.15) is 12.7 Å². The maximum absolute atomic E-state index is 12.2. The van der Waals surface area contributed by atoms with Crippen LogP contribution < -0.4 is 4.72 Å². The highest BCUT2D eigenvalue weighted by Crippen LogP contribution is 2.30. The Labute approximate surface area is 120 Å². The lowest BCUT2D eigenvalue weighted by Crippen LogP contribution is -2.53. The summed E-state index contributed by atoms with van der Waals surface area (Å²) in [7, 11) is -3.73. The molecule has 116 valence electrons. The molecule has 1 N–H and O–H groups in total. The number of amides is 2. The second kappa shape index (κ2) is 5.87. The van der Waals surface area contributed by atoms with Crippen LogP contribution in [-0.4, -0.2) is 63.0 Å². The molecule has 2 aliphatic heterocycles. The summed E-state index contributed by atoms with van der Waals surface area (Å²) in [4.78, 5) is 13.4. The quantitative estimate of drug-likeness (QED) is 0.801. The van der Waals surface area contributed by atoms with Crippen molar-refractivity contribution in [2.75, 3.05) is 39.4 Å². The highest BCUT2D eigenvalue weighted by molar-refractivity contribution is 7.87. The van der Waals surface area contributed by atoms with Gasteiger partial charge >= 0.3 is 16.2 Å². The minimum absolute atomic E-state index is 0.167. The molecular weight excluding hydrogens is 282 g/mol. The van der Waals surface area contributed by atoms with Crippen LogP contribution in [0.1, 0.15) is 26.7 Å². The van der Waals surface area contributed by atoms with Gasteiger partial charge in [-0.15, -0.1) is 0 Å². The molecule has 20 heavy (non-hydrogen) atoms. The van der Waals surface area contributed by atoms with Gasteiger partial charge in [-0.1, -0.05) is 13.8 Å². The number of nitrogens with one attached hydrogen (secondary N) is 1. The molecule has 8 heteroatoms. The Bertz CT molecular complexity index is 447. The van der Waals surface area contributed by atoms with Crippen molar-refractivity contribution in [3.05, 3.63) is 0 Å². The molecule has 0 radical (unpaired) electrons. The van der Waals surface area contributed by atoms with E-state index in [4.69, 9.17) is 4.74 Å². The molecule has 0 aromatic rings. The average Bonchev–Trinajstić information content (AvgIpc) is 2.38. The maximum atomic E-state index is 12.2. The third-order valence-corrected chi connectivity index (χ3v) is 5.41. The van der Waals surface area contributed by atoms with Crippen LogP contribution in [0.4, 0.5) is 4.79 Å². The Morgan fingerprint density at radius 1 is 1.10 bits per heavy atom. The number of carbonyl (C=O) groups is 1. The van der Waals surface area contributed by atoms with Crippen molar-refractivity contribution in [1.82, 2.24) is 13.9 Å². The second-order valence-corrected chi connectivity index (χ2v) is 7.75. The highest BCUT2D eigenvalue weighted by atomic mass is 32.2. The zero-order chi connectivity index (χ0) is 14.8. The number of hydrogen-bond acceptors (Lipinski definition) is 4. The molecule has 0 aliphatic carbocycles. The molecule has 2 aliphatic rings. The van der Waals surface area contributed by atoms with Crippen LogP contribution in [0.2, 0.25) is 0 Å². The van der Waals surface area contributed by atoms with Crippen molar-refractivity contribution in [3.8, 4) is 0 Å². The van der Waals surface area contributed by atoms with Gasteiger partial charge < -0.3 is 9.64 Å². The van der Waals surface area contributed by atoms with Gasteiger partial charge in [-0.05, 0) is 18.3 Å². The Morgan fingerprint density at radius 3 is 2.20 bits per heavy atom. The van der Waals surface area contributed by atoms with Gasteiger partial charge in [-0.3, -0.25) is 0 Å². The smallest absolute Gasteiger partial charge is 0.332 e. The van der Waals surface area contributed by atoms with Crippen molar-refractivity contribution in [2.45, 2.75) is 26.7 Å². The molecule has 7 nitrogen and oxygen atoms in total. The monoisotopic (exact) mass is 305 g/mol. The van der Waals surface area contributed by atoms with Crippen molar-refractivity contribution < 1.29 is 17.9 Å². The van der Waals surface area contributed by atoms with E-state index in [1.54, 1.807) is 0 Å². The van der Waals surface area contributed by atoms with Gasteiger partial charge in [0.1, 0.15) is 0 Å². The SMILES string of the molecule is CC1(C)CCN(S(=O)(=O)NC(=O)N2CCOCC2)CC1. The van der Waals surface area contributed by atoms with E-state index in [-0.39, 0.29) is 5.41 Å². The van der Waals surface area contributed by atoms with Crippen LogP contribution in [0.15, 0.2) is 0 Å². The first-order valence-electron chi connectivity index (χ1n) is 6.95. The third kappa shape index (κ3) is 3.83. The summed E-state index contributed by atoms with van der Waals surface area (Å²) < 4.78 is 33.0. The number of urea groups is 1. The van der Waals surface area contributed by atoms with E-state index in [9.17, 15) is 13.2 Å². The topological polar surface area (TPSA) is 79.0 Å². The van der Waals surface area contributed by atoms with E-state index in [0.717, 1.165) is 12.8 Å². The number of hydrogen-bond donors (Lipinski definition) is 1. The van der Waals surface area contributed by atoms with Crippen molar-refractivity contribution in [2.24, 2.45) is 5.41 Å². The molecule has 0 aromatic carbocycles. The minimum Gasteiger partial charge on any atom is -0.378 e. The third-order valence-electron chi connectivity index (χ3n) is 3.93. The molecule has 0 saturated carbocycles. The molecule has 0 unspecified atom stereocenters.